The zero-order valence-corrected chi connectivity index (χ0v) is 14.7. The van der Waals surface area contributed by atoms with Gasteiger partial charge in [0.15, 0.2) is 13.2 Å². The number of carbonyl (C=O) groups is 3. The number of amides is 2. The van der Waals surface area contributed by atoms with E-state index in [0.717, 1.165) is 17.3 Å². The molecule has 0 aromatic heterocycles. The van der Waals surface area contributed by atoms with Crippen molar-refractivity contribution in [1.29, 1.82) is 0 Å². The highest BCUT2D eigenvalue weighted by molar-refractivity contribution is 9.10. The maximum atomic E-state index is 12.1. The van der Waals surface area contributed by atoms with E-state index in [0.29, 0.717) is 18.7 Å². The minimum Gasteiger partial charge on any atom is -0.482 e. The van der Waals surface area contributed by atoms with Gasteiger partial charge in [-0.3, -0.25) is 9.59 Å². The molecule has 1 aromatic rings. The minimum atomic E-state index is -0.657. The van der Waals surface area contributed by atoms with E-state index in [1.165, 1.54) is 4.90 Å². The molecule has 2 N–H and O–H groups in total. The van der Waals surface area contributed by atoms with Crippen LogP contribution in [0.5, 0.6) is 5.75 Å². The molecule has 1 fully saturated rings. The second-order valence-electron chi connectivity index (χ2n) is 5.41. The number of hydrogen-bond acceptors (Lipinski definition) is 5. The Hall–Kier alpha value is -2.09. The Morgan fingerprint density at radius 3 is 2.75 bits per heavy atom. The van der Waals surface area contributed by atoms with Crippen LogP contribution in [-0.4, -0.2) is 48.5 Å². The van der Waals surface area contributed by atoms with Gasteiger partial charge < -0.3 is 20.1 Å². The van der Waals surface area contributed by atoms with Gasteiger partial charge in [-0.25, -0.2) is 4.79 Å². The molecule has 1 aliphatic rings. The summed E-state index contributed by atoms with van der Waals surface area (Å²) in [6.45, 7) is -0.286. The first kappa shape index (κ1) is 18.3. The molecular formula is C16H19BrN2O5. The lowest BCUT2D eigenvalue weighted by Gasteiger charge is -2.33. The van der Waals surface area contributed by atoms with Crippen molar-refractivity contribution in [3.05, 3.63) is 28.7 Å². The average Bonchev–Trinajstić information content (AvgIpc) is 2.58. The molecule has 2 rings (SSSR count). The van der Waals surface area contributed by atoms with Crippen LogP contribution in [0.1, 0.15) is 19.3 Å². The molecule has 0 aliphatic carbocycles. The molecule has 7 nitrogen and oxygen atoms in total. The number of carbonyl (C=O) groups excluding carboxylic acids is 3. The number of piperidine rings is 1. The van der Waals surface area contributed by atoms with E-state index in [1.54, 1.807) is 18.2 Å². The van der Waals surface area contributed by atoms with E-state index in [9.17, 15) is 14.4 Å². The highest BCUT2D eigenvalue weighted by atomic mass is 79.9. The quantitative estimate of drug-likeness (QED) is 0.726. The Bertz CT molecular complexity index is 622. The Morgan fingerprint density at radius 1 is 1.25 bits per heavy atom. The second kappa shape index (κ2) is 8.68. The standard InChI is InChI=1S/C16H19BrN2O5/c17-11-4-3-5-12(8-11)23-10-15(21)24-9-14(20)19-7-2-1-6-13(19)16(18)22/h3-5,8,13H,1-2,6-7,9-10H2,(H2,18,22)/t13-/m0/s1. The van der Waals surface area contributed by atoms with Gasteiger partial charge in [0.2, 0.25) is 5.91 Å². The normalized spacial score (nSPS) is 17.2. The zero-order chi connectivity index (χ0) is 17.5. The molecule has 8 heteroatoms. The van der Waals surface area contributed by atoms with Gasteiger partial charge in [0, 0.05) is 11.0 Å². The van der Waals surface area contributed by atoms with Crippen LogP contribution in [0.4, 0.5) is 0 Å². The van der Waals surface area contributed by atoms with E-state index in [1.807, 2.05) is 6.07 Å². The Kier molecular flexibility index (Phi) is 6.60. The molecule has 0 spiro atoms. The minimum absolute atomic E-state index is 0.303. The van der Waals surface area contributed by atoms with Crippen molar-refractivity contribution in [2.75, 3.05) is 19.8 Å². The summed E-state index contributed by atoms with van der Waals surface area (Å²) in [7, 11) is 0. The number of ether oxygens (including phenoxy) is 2. The molecule has 1 atom stereocenters. The Labute approximate surface area is 148 Å². The maximum Gasteiger partial charge on any atom is 0.344 e. The van der Waals surface area contributed by atoms with E-state index in [4.69, 9.17) is 15.2 Å². The largest absolute Gasteiger partial charge is 0.482 e. The van der Waals surface area contributed by atoms with E-state index in [2.05, 4.69) is 15.9 Å². The number of hydrogen-bond donors (Lipinski definition) is 1. The SMILES string of the molecule is NC(=O)[C@@H]1CCCCN1C(=O)COC(=O)COc1cccc(Br)c1. The lowest BCUT2D eigenvalue weighted by molar-refractivity contribution is -0.156. The summed E-state index contributed by atoms with van der Waals surface area (Å²) in [5.41, 5.74) is 5.31. The molecule has 1 heterocycles. The zero-order valence-electron chi connectivity index (χ0n) is 13.1. The summed E-state index contributed by atoms with van der Waals surface area (Å²) in [5, 5.41) is 0. The molecule has 0 saturated carbocycles. The van der Waals surface area contributed by atoms with Crippen LogP contribution in [0.25, 0.3) is 0 Å². The molecule has 1 aromatic carbocycles. The molecule has 0 unspecified atom stereocenters. The van der Waals surface area contributed by atoms with Crippen LogP contribution in [0.2, 0.25) is 0 Å². The van der Waals surface area contributed by atoms with Crippen LogP contribution in [0, 0.1) is 0 Å². The monoisotopic (exact) mass is 398 g/mol. The van der Waals surface area contributed by atoms with Crippen molar-refractivity contribution < 1.29 is 23.9 Å². The topological polar surface area (TPSA) is 98.9 Å². The first-order chi connectivity index (χ1) is 11.5. The molecular weight excluding hydrogens is 380 g/mol. The van der Waals surface area contributed by atoms with Crippen LogP contribution in [0.15, 0.2) is 28.7 Å². The summed E-state index contributed by atoms with van der Waals surface area (Å²) in [5.74, 6) is -1.10. The number of likely N-dealkylation sites (tertiary alicyclic amines) is 1. The lowest BCUT2D eigenvalue weighted by Crippen LogP contribution is -2.51. The Morgan fingerprint density at radius 2 is 2.04 bits per heavy atom. The maximum absolute atomic E-state index is 12.1. The first-order valence-electron chi connectivity index (χ1n) is 7.60. The van der Waals surface area contributed by atoms with Crippen LogP contribution >= 0.6 is 15.9 Å². The number of benzene rings is 1. The van der Waals surface area contributed by atoms with Gasteiger partial charge in [-0.05, 0) is 37.5 Å². The van der Waals surface area contributed by atoms with E-state index >= 15 is 0 Å². The Balaban J connectivity index is 1.78. The smallest absolute Gasteiger partial charge is 0.344 e. The summed E-state index contributed by atoms with van der Waals surface area (Å²) < 4.78 is 11.0. The number of nitrogens with two attached hydrogens (primary N) is 1. The van der Waals surface area contributed by atoms with Crippen molar-refractivity contribution in [1.82, 2.24) is 4.90 Å². The summed E-state index contributed by atoms with van der Waals surface area (Å²) in [4.78, 5) is 36.6. The van der Waals surface area contributed by atoms with Crippen molar-refractivity contribution in [3.8, 4) is 5.75 Å². The summed E-state index contributed by atoms with van der Waals surface area (Å²) in [6, 6.07) is 6.40. The van der Waals surface area contributed by atoms with E-state index < -0.39 is 30.4 Å². The molecule has 1 saturated heterocycles. The van der Waals surface area contributed by atoms with Crippen molar-refractivity contribution in [3.63, 3.8) is 0 Å². The van der Waals surface area contributed by atoms with Crippen molar-refractivity contribution >= 4 is 33.7 Å². The van der Waals surface area contributed by atoms with Gasteiger partial charge in [0.1, 0.15) is 11.8 Å². The molecule has 0 radical (unpaired) electrons. The van der Waals surface area contributed by atoms with Gasteiger partial charge in [-0.1, -0.05) is 22.0 Å². The number of halogens is 1. The molecule has 24 heavy (non-hydrogen) atoms. The predicted molar refractivity (Wildman–Crippen MR) is 89.1 cm³/mol. The van der Waals surface area contributed by atoms with Crippen molar-refractivity contribution in [2.24, 2.45) is 5.73 Å². The van der Waals surface area contributed by atoms with Gasteiger partial charge in [0.25, 0.3) is 5.91 Å². The van der Waals surface area contributed by atoms with Gasteiger partial charge in [0.05, 0.1) is 0 Å². The van der Waals surface area contributed by atoms with Gasteiger partial charge in [-0.15, -0.1) is 0 Å². The number of rotatable bonds is 6. The van der Waals surface area contributed by atoms with Crippen molar-refractivity contribution in [2.45, 2.75) is 25.3 Å². The highest BCUT2D eigenvalue weighted by Gasteiger charge is 2.30. The van der Waals surface area contributed by atoms with Crippen LogP contribution < -0.4 is 10.5 Å². The highest BCUT2D eigenvalue weighted by Crippen LogP contribution is 2.18. The van der Waals surface area contributed by atoms with Crippen LogP contribution in [-0.2, 0) is 19.1 Å². The third-order valence-electron chi connectivity index (χ3n) is 3.66. The molecule has 130 valence electrons. The summed E-state index contributed by atoms with van der Waals surface area (Å²) in [6.07, 6.45) is 2.19. The van der Waals surface area contributed by atoms with Gasteiger partial charge >= 0.3 is 5.97 Å². The fourth-order valence-electron chi connectivity index (χ4n) is 2.49. The third kappa shape index (κ3) is 5.23. The first-order valence-corrected chi connectivity index (χ1v) is 8.39. The summed E-state index contributed by atoms with van der Waals surface area (Å²) >= 11 is 3.30. The molecule has 2 amide bonds. The average molecular weight is 399 g/mol. The predicted octanol–water partition coefficient (Wildman–Crippen LogP) is 1.24. The van der Waals surface area contributed by atoms with E-state index in [-0.39, 0.29) is 6.61 Å². The number of nitrogens with zero attached hydrogens (tertiary/aromatic N) is 1. The second-order valence-corrected chi connectivity index (χ2v) is 6.32. The third-order valence-corrected chi connectivity index (χ3v) is 4.15. The molecule has 0 bridgehead atoms. The lowest BCUT2D eigenvalue weighted by atomic mass is 10.0. The fourth-order valence-corrected chi connectivity index (χ4v) is 2.87. The fraction of sp³-hybridized carbons (Fsp3) is 0.438. The molecule has 1 aliphatic heterocycles. The number of primary amides is 1. The van der Waals surface area contributed by atoms with Gasteiger partial charge in [-0.2, -0.15) is 0 Å². The number of esters is 1. The van der Waals surface area contributed by atoms with Crippen LogP contribution in [0.3, 0.4) is 0 Å².